The van der Waals surface area contributed by atoms with Crippen molar-refractivity contribution in [1.29, 1.82) is 0 Å². The van der Waals surface area contributed by atoms with Crippen LogP contribution in [-0.2, 0) is 0 Å². The number of amidine groups is 1. The Morgan fingerprint density at radius 3 is 2.53 bits per heavy atom. The molecule has 1 fully saturated rings. The Hall–Kier alpha value is -1.89. The van der Waals surface area contributed by atoms with Crippen LogP contribution in [0.2, 0.25) is 0 Å². The molecule has 0 saturated carbocycles. The Morgan fingerprint density at radius 1 is 1.37 bits per heavy atom. The van der Waals surface area contributed by atoms with Crippen LogP contribution in [0, 0.1) is 0 Å². The fraction of sp³-hybridized carbons (Fsp3) is 0.583. The molecular formula is C12H20N6O. The van der Waals surface area contributed by atoms with Gasteiger partial charge in [-0.25, -0.2) is 9.97 Å². The van der Waals surface area contributed by atoms with Gasteiger partial charge in [0.2, 0.25) is 0 Å². The molecule has 2 rings (SSSR count). The molecule has 3 N–H and O–H groups in total. The second-order valence-electron chi connectivity index (χ2n) is 4.93. The number of piperidine rings is 1. The lowest BCUT2D eigenvalue weighted by Crippen LogP contribution is -2.42. The Labute approximate surface area is 112 Å². The lowest BCUT2D eigenvalue weighted by molar-refractivity contribution is 0.249. The molecule has 0 bridgehead atoms. The average molecular weight is 264 g/mol. The van der Waals surface area contributed by atoms with Crippen LogP contribution >= 0.6 is 0 Å². The summed E-state index contributed by atoms with van der Waals surface area (Å²) in [6.45, 7) is 1.95. The van der Waals surface area contributed by atoms with Crippen molar-refractivity contribution in [1.82, 2.24) is 14.9 Å². The summed E-state index contributed by atoms with van der Waals surface area (Å²) < 4.78 is 0. The minimum Gasteiger partial charge on any atom is -0.409 e. The van der Waals surface area contributed by atoms with Gasteiger partial charge >= 0.3 is 0 Å². The van der Waals surface area contributed by atoms with Crippen LogP contribution < -0.4 is 10.6 Å². The van der Waals surface area contributed by atoms with E-state index in [0.717, 1.165) is 31.7 Å². The first-order chi connectivity index (χ1) is 9.11. The van der Waals surface area contributed by atoms with Gasteiger partial charge in [-0.15, -0.1) is 0 Å². The molecule has 0 spiro atoms. The molecular weight excluding hydrogens is 244 g/mol. The SMILES string of the molecule is CN(C)C1CCN(c2cnc(C(N)=NO)cn2)CC1. The number of hydrogen-bond donors (Lipinski definition) is 2. The molecule has 7 heteroatoms. The monoisotopic (exact) mass is 264 g/mol. The molecule has 7 nitrogen and oxygen atoms in total. The molecule has 1 aromatic rings. The predicted molar refractivity (Wildman–Crippen MR) is 73.5 cm³/mol. The van der Waals surface area contributed by atoms with Crippen LogP contribution in [-0.4, -0.2) is 59.1 Å². The second kappa shape index (κ2) is 5.83. The number of aromatic nitrogens is 2. The fourth-order valence-electron chi connectivity index (χ4n) is 2.28. The van der Waals surface area contributed by atoms with Crippen molar-refractivity contribution in [2.45, 2.75) is 18.9 Å². The third-order valence-electron chi connectivity index (χ3n) is 3.53. The zero-order valence-corrected chi connectivity index (χ0v) is 11.3. The number of nitrogens with zero attached hydrogens (tertiary/aromatic N) is 5. The van der Waals surface area contributed by atoms with E-state index in [1.165, 1.54) is 6.20 Å². The van der Waals surface area contributed by atoms with Crippen molar-refractivity contribution >= 4 is 11.7 Å². The Morgan fingerprint density at radius 2 is 2.05 bits per heavy atom. The summed E-state index contributed by atoms with van der Waals surface area (Å²) in [5.74, 6) is 0.817. The summed E-state index contributed by atoms with van der Waals surface area (Å²) >= 11 is 0. The molecule has 0 unspecified atom stereocenters. The zero-order chi connectivity index (χ0) is 13.8. The van der Waals surface area contributed by atoms with E-state index in [1.54, 1.807) is 6.20 Å². The van der Waals surface area contributed by atoms with Crippen LogP contribution in [0.1, 0.15) is 18.5 Å². The van der Waals surface area contributed by atoms with Crippen LogP contribution in [0.3, 0.4) is 0 Å². The first-order valence-electron chi connectivity index (χ1n) is 6.33. The molecule has 0 atom stereocenters. The normalized spacial score (nSPS) is 18.1. The van der Waals surface area contributed by atoms with E-state index in [1.807, 2.05) is 0 Å². The van der Waals surface area contributed by atoms with E-state index in [-0.39, 0.29) is 5.84 Å². The molecule has 1 aliphatic heterocycles. The predicted octanol–water partition coefficient (Wildman–Crippen LogP) is 0.102. The standard InChI is InChI=1S/C12H20N6O/c1-17(2)9-3-5-18(6-4-9)11-8-14-10(7-15-11)12(13)16-19/h7-9,19H,3-6H2,1-2H3,(H2,13,16). The lowest BCUT2D eigenvalue weighted by atomic mass is 10.0. The third-order valence-corrected chi connectivity index (χ3v) is 3.53. The quantitative estimate of drug-likeness (QED) is 0.348. The molecule has 2 heterocycles. The summed E-state index contributed by atoms with van der Waals surface area (Å²) in [5.41, 5.74) is 5.84. The maximum atomic E-state index is 8.57. The Kier molecular flexibility index (Phi) is 4.16. The third kappa shape index (κ3) is 3.11. The summed E-state index contributed by atoms with van der Waals surface area (Å²) in [4.78, 5) is 12.9. The fourth-order valence-corrected chi connectivity index (χ4v) is 2.28. The minimum absolute atomic E-state index is 0.0228. The van der Waals surface area contributed by atoms with Crippen molar-refractivity contribution in [3.05, 3.63) is 18.1 Å². The molecule has 1 saturated heterocycles. The van der Waals surface area contributed by atoms with Gasteiger partial charge in [-0.05, 0) is 26.9 Å². The van der Waals surface area contributed by atoms with Crippen LogP contribution in [0.15, 0.2) is 17.5 Å². The second-order valence-corrected chi connectivity index (χ2v) is 4.93. The summed E-state index contributed by atoms with van der Waals surface area (Å²) in [7, 11) is 4.23. The summed E-state index contributed by atoms with van der Waals surface area (Å²) in [5, 5.41) is 11.5. The highest BCUT2D eigenvalue weighted by molar-refractivity contribution is 5.94. The lowest BCUT2D eigenvalue weighted by Gasteiger charge is -2.35. The van der Waals surface area contributed by atoms with E-state index in [2.05, 4.69) is 39.0 Å². The summed E-state index contributed by atoms with van der Waals surface area (Å²) in [6.07, 6.45) is 5.44. The molecule has 0 aromatic carbocycles. The molecule has 0 radical (unpaired) electrons. The number of anilines is 1. The van der Waals surface area contributed by atoms with Gasteiger partial charge in [0, 0.05) is 19.1 Å². The first-order valence-corrected chi connectivity index (χ1v) is 6.33. The summed E-state index contributed by atoms with van der Waals surface area (Å²) in [6, 6.07) is 0.639. The van der Waals surface area contributed by atoms with Gasteiger partial charge in [0.15, 0.2) is 5.84 Å². The van der Waals surface area contributed by atoms with Gasteiger partial charge in [0.1, 0.15) is 11.5 Å². The van der Waals surface area contributed by atoms with Crippen molar-refractivity contribution in [3.63, 3.8) is 0 Å². The molecule has 1 aliphatic rings. The maximum absolute atomic E-state index is 8.57. The van der Waals surface area contributed by atoms with Crippen molar-refractivity contribution in [2.75, 3.05) is 32.1 Å². The smallest absolute Gasteiger partial charge is 0.190 e. The maximum Gasteiger partial charge on any atom is 0.190 e. The van der Waals surface area contributed by atoms with E-state index < -0.39 is 0 Å². The van der Waals surface area contributed by atoms with E-state index >= 15 is 0 Å². The van der Waals surface area contributed by atoms with Gasteiger partial charge in [0.25, 0.3) is 0 Å². The molecule has 0 amide bonds. The van der Waals surface area contributed by atoms with Gasteiger partial charge in [0.05, 0.1) is 12.4 Å². The van der Waals surface area contributed by atoms with Crippen LogP contribution in [0.5, 0.6) is 0 Å². The largest absolute Gasteiger partial charge is 0.409 e. The minimum atomic E-state index is -0.0228. The topological polar surface area (TPSA) is 90.9 Å². The number of hydrogen-bond acceptors (Lipinski definition) is 6. The number of oxime groups is 1. The zero-order valence-electron chi connectivity index (χ0n) is 11.3. The van der Waals surface area contributed by atoms with Crippen LogP contribution in [0.25, 0.3) is 0 Å². The average Bonchev–Trinajstić information content (AvgIpc) is 2.46. The Bertz CT molecular complexity index is 436. The highest BCUT2D eigenvalue weighted by Gasteiger charge is 2.21. The highest BCUT2D eigenvalue weighted by atomic mass is 16.4. The van der Waals surface area contributed by atoms with E-state index in [0.29, 0.717) is 11.7 Å². The van der Waals surface area contributed by atoms with Gasteiger partial charge in [-0.2, -0.15) is 0 Å². The van der Waals surface area contributed by atoms with Crippen LogP contribution in [0.4, 0.5) is 5.82 Å². The molecule has 104 valence electrons. The van der Waals surface area contributed by atoms with Gasteiger partial charge in [-0.3, -0.25) is 0 Å². The number of rotatable bonds is 3. The van der Waals surface area contributed by atoms with Gasteiger partial charge in [-0.1, -0.05) is 5.16 Å². The van der Waals surface area contributed by atoms with E-state index in [4.69, 9.17) is 10.9 Å². The van der Waals surface area contributed by atoms with Crippen molar-refractivity contribution < 1.29 is 5.21 Å². The Balaban J connectivity index is 2.00. The molecule has 0 aliphatic carbocycles. The van der Waals surface area contributed by atoms with Crippen molar-refractivity contribution in [3.8, 4) is 0 Å². The van der Waals surface area contributed by atoms with Crippen molar-refractivity contribution in [2.24, 2.45) is 10.9 Å². The first kappa shape index (κ1) is 13.5. The van der Waals surface area contributed by atoms with E-state index in [9.17, 15) is 0 Å². The molecule has 1 aromatic heterocycles. The molecule has 19 heavy (non-hydrogen) atoms. The van der Waals surface area contributed by atoms with Gasteiger partial charge < -0.3 is 20.7 Å². The number of nitrogens with two attached hydrogens (primary N) is 1. The highest BCUT2D eigenvalue weighted by Crippen LogP contribution is 2.19.